The van der Waals surface area contributed by atoms with Crippen LogP contribution in [0.5, 0.6) is 0 Å². The molecule has 0 amide bonds. The van der Waals surface area contributed by atoms with Gasteiger partial charge >= 0.3 is 0 Å². The number of benzene rings is 1. The minimum absolute atomic E-state index is 0.892. The van der Waals surface area contributed by atoms with Gasteiger partial charge < -0.3 is 0 Å². The fraction of sp³-hybridized carbons (Fsp3) is 0.250. The van der Waals surface area contributed by atoms with Gasteiger partial charge in [-0.05, 0) is 29.9 Å². The first-order chi connectivity index (χ1) is 7.09. The Morgan fingerprint density at radius 3 is 2.67 bits per heavy atom. The quantitative estimate of drug-likeness (QED) is 0.336. The molecule has 3 heteroatoms. The zero-order chi connectivity index (χ0) is 11.3. The van der Waals surface area contributed by atoms with Crippen molar-refractivity contribution in [2.75, 3.05) is 0 Å². The summed E-state index contributed by atoms with van der Waals surface area (Å²) in [6.45, 7) is 4.34. The number of rotatable bonds is 3. The summed E-state index contributed by atoms with van der Waals surface area (Å²) >= 11 is 4.62. The Kier molecular flexibility index (Phi) is 3.99. The highest BCUT2D eigenvalue weighted by atomic mass is 32.1. The van der Waals surface area contributed by atoms with E-state index in [1.165, 1.54) is 5.56 Å². The predicted octanol–water partition coefficient (Wildman–Crippen LogP) is 3.38. The van der Waals surface area contributed by atoms with Crippen LogP contribution in [0.25, 0.3) is 0 Å². The first kappa shape index (κ1) is 11.9. The van der Waals surface area contributed by atoms with Crippen molar-refractivity contribution in [1.29, 1.82) is 0 Å². The third kappa shape index (κ3) is 3.45. The third-order valence-corrected chi connectivity index (χ3v) is 4.32. The molecule has 0 aliphatic carbocycles. The monoisotopic (exact) mass is 231 g/mol. The van der Waals surface area contributed by atoms with Crippen LogP contribution in [0.4, 0.5) is 5.69 Å². The summed E-state index contributed by atoms with van der Waals surface area (Å²) in [5, 5.41) is 2.40. The molecule has 1 aromatic carbocycles. The van der Waals surface area contributed by atoms with E-state index in [1.54, 1.807) is 0 Å². The lowest BCUT2D eigenvalue weighted by Gasteiger charge is -2.15. The van der Waals surface area contributed by atoms with E-state index in [-0.39, 0.29) is 0 Å². The van der Waals surface area contributed by atoms with E-state index in [2.05, 4.69) is 47.1 Å². The summed E-state index contributed by atoms with van der Waals surface area (Å²) < 4.78 is 0. The molecule has 76 valence electrons. The second-order valence-electron chi connectivity index (χ2n) is 4.04. The second kappa shape index (κ2) is 5.04. The fourth-order valence-electron chi connectivity index (χ4n) is 1.35. The van der Waals surface area contributed by atoms with Gasteiger partial charge in [-0.1, -0.05) is 31.3 Å². The number of nitrogens with zero attached hydrogens (tertiary/aromatic N) is 1. The van der Waals surface area contributed by atoms with Gasteiger partial charge in [0.1, 0.15) is 8.07 Å². The Labute approximate surface area is 97.3 Å². The van der Waals surface area contributed by atoms with E-state index < -0.39 is 8.07 Å². The van der Waals surface area contributed by atoms with Gasteiger partial charge in [0, 0.05) is 0 Å². The average Bonchev–Trinajstić information content (AvgIpc) is 2.21. The number of isothiocyanates is 1. The van der Waals surface area contributed by atoms with Gasteiger partial charge in [-0.2, -0.15) is 4.99 Å². The predicted molar refractivity (Wildman–Crippen MR) is 71.1 cm³/mol. The minimum atomic E-state index is -1.57. The maximum Gasteiger partial charge on any atom is 0.136 e. The Morgan fingerprint density at radius 2 is 2.07 bits per heavy atom. The third-order valence-electron chi connectivity index (χ3n) is 2.18. The normalized spacial score (nSPS) is 10.2. The molecule has 15 heavy (non-hydrogen) atoms. The van der Waals surface area contributed by atoms with Gasteiger partial charge in [-0.25, -0.2) is 0 Å². The molecule has 0 saturated heterocycles. The molecule has 1 rings (SSSR count). The lowest BCUT2D eigenvalue weighted by atomic mass is 10.2. The molecular formula is C12H13NSSi. The number of para-hydroxylation sites is 1. The number of hydrogen-bond acceptors (Lipinski definition) is 2. The molecule has 0 aromatic heterocycles. The molecule has 0 fully saturated rings. The van der Waals surface area contributed by atoms with Crippen LogP contribution in [0.3, 0.4) is 0 Å². The Hall–Kier alpha value is -1.20. The molecule has 1 nitrogen and oxygen atoms in total. The van der Waals surface area contributed by atoms with Crippen molar-refractivity contribution in [2.24, 2.45) is 4.99 Å². The van der Waals surface area contributed by atoms with Crippen LogP contribution in [-0.2, 0) is 6.04 Å². The molecule has 0 bridgehead atoms. The van der Waals surface area contributed by atoms with Crippen LogP contribution in [0.2, 0.25) is 13.1 Å². The fourth-order valence-corrected chi connectivity index (χ4v) is 2.80. The molecule has 0 unspecified atom stereocenters. The van der Waals surface area contributed by atoms with Crippen molar-refractivity contribution in [3.05, 3.63) is 29.8 Å². The highest BCUT2D eigenvalue weighted by Crippen LogP contribution is 2.22. The van der Waals surface area contributed by atoms with E-state index in [9.17, 15) is 0 Å². The van der Waals surface area contributed by atoms with E-state index in [0.29, 0.717) is 0 Å². The molecule has 0 saturated carbocycles. The van der Waals surface area contributed by atoms with Gasteiger partial charge in [0.25, 0.3) is 0 Å². The molecule has 0 heterocycles. The van der Waals surface area contributed by atoms with Crippen LogP contribution in [-0.4, -0.2) is 13.2 Å². The van der Waals surface area contributed by atoms with Gasteiger partial charge in [0.15, 0.2) is 0 Å². The van der Waals surface area contributed by atoms with Gasteiger partial charge in [-0.15, -0.1) is 12.0 Å². The summed E-state index contributed by atoms with van der Waals surface area (Å²) in [4.78, 5) is 4.04. The zero-order valence-corrected chi connectivity index (χ0v) is 10.8. The van der Waals surface area contributed by atoms with Crippen LogP contribution >= 0.6 is 12.2 Å². The first-order valence-corrected chi connectivity index (χ1v) is 8.34. The van der Waals surface area contributed by atoms with Crippen molar-refractivity contribution in [2.45, 2.75) is 19.1 Å². The van der Waals surface area contributed by atoms with Crippen molar-refractivity contribution < 1.29 is 0 Å². The van der Waals surface area contributed by atoms with Crippen molar-refractivity contribution >= 4 is 31.1 Å². The molecule has 0 N–H and O–H groups in total. The Morgan fingerprint density at radius 1 is 1.40 bits per heavy atom. The molecule has 0 aliphatic heterocycles. The minimum Gasteiger partial charge on any atom is -0.194 e. The average molecular weight is 231 g/mol. The summed E-state index contributed by atoms with van der Waals surface area (Å²) in [6, 6.07) is 8.87. The lowest BCUT2D eigenvalue weighted by molar-refractivity contribution is 1.31. The van der Waals surface area contributed by atoms with Crippen LogP contribution in [0.15, 0.2) is 29.3 Å². The van der Waals surface area contributed by atoms with Crippen LogP contribution < -0.4 is 0 Å². The molecule has 1 aromatic rings. The summed E-state index contributed by atoms with van der Waals surface area (Å²) in [5.41, 5.74) is 4.97. The molecule has 0 radical (unpaired) electrons. The first-order valence-electron chi connectivity index (χ1n) is 4.72. The van der Waals surface area contributed by atoms with E-state index >= 15 is 0 Å². The van der Waals surface area contributed by atoms with E-state index in [1.807, 2.05) is 18.2 Å². The Bertz CT molecular complexity index is 439. The maximum atomic E-state index is 5.52. The van der Waals surface area contributed by atoms with E-state index in [4.69, 9.17) is 6.42 Å². The largest absolute Gasteiger partial charge is 0.194 e. The number of thiocarbonyl (C=S) groups is 1. The highest BCUT2D eigenvalue weighted by molar-refractivity contribution is 7.78. The van der Waals surface area contributed by atoms with Crippen molar-refractivity contribution in [3.8, 4) is 12.0 Å². The van der Waals surface area contributed by atoms with Gasteiger partial charge in [-0.3, -0.25) is 0 Å². The second-order valence-corrected chi connectivity index (χ2v) is 8.63. The van der Waals surface area contributed by atoms with Crippen LogP contribution in [0, 0.1) is 12.0 Å². The molecule has 0 atom stereocenters. The number of hydrogen-bond donors (Lipinski definition) is 0. The highest BCUT2D eigenvalue weighted by Gasteiger charge is 2.19. The molecule has 0 spiro atoms. The van der Waals surface area contributed by atoms with Gasteiger partial charge in [0.05, 0.1) is 10.8 Å². The van der Waals surface area contributed by atoms with E-state index in [0.717, 1.165) is 11.7 Å². The SMILES string of the molecule is C#C[Si](C)(C)Cc1ccccc1N=C=S. The molecule has 0 aliphatic rings. The standard InChI is InChI=1S/C12H13NSSi/c1-4-15(2,3)9-11-7-5-6-8-12(11)13-10-14/h1,5-8H,9H2,2-3H3. The smallest absolute Gasteiger partial charge is 0.136 e. The number of terminal acetylenes is 1. The zero-order valence-electron chi connectivity index (χ0n) is 8.95. The summed E-state index contributed by atoms with van der Waals surface area (Å²) in [6.07, 6.45) is 5.52. The lowest BCUT2D eigenvalue weighted by Crippen LogP contribution is -2.27. The maximum absolute atomic E-state index is 5.52. The summed E-state index contributed by atoms with van der Waals surface area (Å²) in [7, 11) is -1.57. The number of aliphatic imine (C=N–C) groups is 1. The van der Waals surface area contributed by atoms with Crippen LogP contribution in [0.1, 0.15) is 5.56 Å². The van der Waals surface area contributed by atoms with Gasteiger partial charge in [0.2, 0.25) is 0 Å². The van der Waals surface area contributed by atoms with Crippen molar-refractivity contribution in [1.82, 2.24) is 0 Å². The summed E-state index contributed by atoms with van der Waals surface area (Å²) in [5.74, 6) is 0. The topological polar surface area (TPSA) is 12.4 Å². The molecular weight excluding hydrogens is 218 g/mol. The Balaban J connectivity index is 3.05. The van der Waals surface area contributed by atoms with Crippen molar-refractivity contribution in [3.63, 3.8) is 0 Å².